The van der Waals surface area contributed by atoms with E-state index in [0.717, 1.165) is 91.2 Å². The monoisotopic (exact) mass is 778 g/mol. The quantitative estimate of drug-likeness (QED) is 0.0795. The maximum atomic E-state index is 14.1. The van der Waals surface area contributed by atoms with Crippen molar-refractivity contribution < 1.29 is 38.8 Å². The van der Waals surface area contributed by atoms with Crippen LogP contribution in [0.2, 0.25) is 0 Å². The molecular formula is C47H58N2O8. The lowest BCUT2D eigenvalue weighted by molar-refractivity contribution is -0.256. The summed E-state index contributed by atoms with van der Waals surface area (Å²) in [5.74, 6) is 0.749. The molecule has 1 unspecified atom stereocenters. The number of nitrogens with zero attached hydrogens (tertiary/aromatic N) is 2. The van der Waals surface area contributed by atoms with Crippen LogP contribution in [-0.2, 0) is 19.1 Å². The highest BCUT2D eigenvalue weighted by Gasteiger charge is 2.65. The molecule has 2 aliphatic heterocycles. The van der Waals surface area contributed by atoms with Crippen LogP contribution >= 0.6 is 0 Å². The first-order valence-electron chi connectivity index (χ1n) is 21.2. The molecular weight excluding hydrogens is 721 g/mol. The minimum absolute atomic E-state index is 0.00866. The molecule has 57 heavy (non-hydrogen) atoms. The third kappa shape index (κ3) is 8.24. The van der Waals surface area contributed by atoms with E-state index in [0.29, 0.717) is 37.4 Å². The number of carbonyl (C=O) groups excluding carboxylic acids is 1. The van der Waals surface area contributed by atoms with Gasteiger partial charge in [-0.05, 0) is 110 Å². The second-order valence-corrected chi connectivity index (χ2v) is 16.5. The van der Waals surface area contributed by atoms with Gasteiger partial charge in [-0.15, -0.1) is 6.58 Å². The van der Waals surface area contributed by atoms with Crippen molar-refractivity contribution in [1.82, 2.24) is 4.90 Å². The average Bonchev–Trinajstić information content (AvgIpc) is 4.09. The molecule has 0 bridgehead atoms. The third-order valence-corrected chi connectivity index (χ3v) is 12.8. The van der Waals surface area contributed by atoms with Gasteiger partial charge >= 0.3 is 0 Å². The van der Waals surface area contributed by atoms with Gasteiger partial charge < -0.3 is 38.9 Å². The number of allylic oxidation sites excluding steroid dienone is 1. The number of benzene rings is 3. The molecule has 3 fully saturated rings. The second kappa shape index (κ2) is 17.7. The van der Waals surface area contributed by atoms with Crippen LogP contribution in [-0.4, -0.2) is 78.3 Å². The van der Waals surface area contributed by atoms with Crippen LogP contribution in [0.25, 0.3) is 10.8 Å². The van der Waals surface area contributed by atoms with Crippen molar-refractivity contribution in [1.29, 1.82) is 0 Å². The fraction of sp³-hybridized carbons (Fsp3) is 0.532. The average molecular weight is 779 g/mol. The lowest BCUT2D eigenvalue weighted by atomic mass is 9.55. The molecule has 3 aromatic rings. The lowest BCUT2D eigenvalue weighted by Gasteiger charge is -2.59. The van der Waals surface area contributed by atoms with Gasteiger partial charge in [0, 0.05) is 50.5 Å². The van der Waals surface area contributed by atoms with Crippen molar-refractivity contribution in [2.45, 2.75) is 101 Å². The van der Waals surface area contributed by atoms with Crippen LogP contribution in [0.4, 0.5) is 0 Å². The number of hydrogen-bond donors (Lipinski definition) is 2. The number of unbranched alkanes of at least 4 members (excludes halogenated alkanes) is 2. The SMILES string of the molecule is C=CCO[C@@]12Oc3ccc(Oc4ccc5ccccc5c4)cc3[C@H]3[C@H](CCCCO)[C@@H](CCCCO)C=C(C(=NOC4CCCCO4)C[C@@H]1N(C)C(=O)C1CC1)[C@H]32. The summed E-state index contributed by atoms with van der Waals surface area (Å²) in [5.41, 5.74) is 2.83. The van der Waals surface area contributed by atoms with Crippen LogP contribution in [0.3, 0.4) is 0 Å². The van der Waals surface area contributed by atoms with Crippen molar-refractivity contribution in [2.75, 3.05) is 33.5 Å². The fourth-order valence-electron chi connectivity index (χ4n) is 9.85. The van der Waals surface area contributed by atoms with Crippen LogP contribution in [0.1, 0.15) is 88.5 Å². The number of carbonyl (C=O) groups is 1. The fourth-order valence-corrected chi connectivity index (χ4v) is 9.85. The number of rotatable bonds is 17. The zero-order valence-electron chi connectivity index (χ0n) is 33.2. The standard InChI is InChI=1S/C47H58N2O8/c1-3-25-54-47-42(49(2)46(52)32-17-18-32)30-40(48-57-43-16-8-11-26-53-43)38-28-34(14-6-9-23-50)37(15-7-10-24-51)44(45(38)47)39-29-36(21-22-41(39)56-47)55-35-20-19-31-12-4-5-13-33(31)27-35/h3-5,12-13,19-22,27-29,32,34,37,42-45,50-51H,1,6-11,14-18,23-26,30H2,2H3/t34-,37+,42-,43?,44+,45+,47+/m0/s1. The van der Waals surface area contributed by atoms with Gasteiger partial charge in [0.25, 0.3) is 0 Å². The molecule has 2 N–H and O–H groups in total. The highest BCUT2D eigenvalue weighted by atomic mass is 16.8. The van der Waals surface area contributed by atoms with E-state index >= 15 is 0 Å². The molecule has 0 aromatic heterocycles. The van der Waals surface area contributed by atoms with Gasteiger partial charge in [-0.3, -0.25) is 4.79 Å². The van der Waals surface area contributed by atoms with E-state index in [1.165, 1.54) is 0 Å². The summed E-state index contributed by atoms with van der Waals surface area (Å²) < 4.78 is 26.9. The Hall–Kier alpha value is -4.22. The molecule has 3 aromatic carbocycles. The minimum atomic E-state index is -1.26. The molecule has 1 saturated heterocycles. The molecule has 0 spiro atoms. The molecule has 2 saturated carbocycles. The molecule has 304 valence electrons. The largest absolute Gasteiger partial charge is 0.459 e. The smallest absolute Gasteiger partial charge is 0.239 e. The number of likely N-dealkylation sites (N-methyl/N-ethyl adjacent to an activating group) is 1. The summed E-state index contributed by atoms with van der Waals surface area (Å²) in [7, 11) is 1.88. The molecule has 3 aliphatic carbocycles. The number of hydrogen-bond acceptors (Lipinski definition) is 9. The molecule has 1 amide bonds. The normalized spacial score (nSPS) is 28.5. The van der Waals surface area contributed by atoms with Crippen LogP contribution in [0.15, 0.2) is 90.1 Å². The number of aliphatic hydroxyl groups is 2. The van der Waals surface area contributed by atoms with E-state index in [1.807, 2.05) is 42.3 Å². The Kier molecular flexibility index (Phi) is 12.3. The number of oxime groups is 1. The van der Waals surface area contributed by atoms with Gasteiger partial charge in [-0.1, -0.05) is 60.5 Å². The van der Waals surface area contributed by atoms with E-state index < -0.39 is 18.1 Å². The first-order valence-corrected chi connectivity index (χ1v) is 21.2. The van der Waals surface area contributed by atoms with Gasteiger partial charge in [0.1, 0.15) is 23.3 Å². The van der Waals surface area contributed by atoms with Crippen LogP contribution in [0, 0.1) is 23.7 Å². The summed E-state index contributed by atoms with van der Waals surface area (Å²) >= 11 is 0. The maximum Gasteiger partial charge on any atom is 0.239 e. The summed E-state index contributed by atoms with van der Waals surface area (Å²) in [4.78, 5) is 22.1. The zero-order chi connectivity index (χ0) is 39.4. The van der Waals surface area contributed by atoms with Gasteiger partial charge in [-0.25, -0.2) is 0 Å². The Balaban J connectivity index is 1.28. The molecule has 8 rings (SSSR count). The molecule has 5 aliphatic rings. The highest BCUT2D eigenvalue weighted by Crippen LogP contribution is 2.62. The van der Waals surface area contributed by atoms with Crippen LogP contribution < -0.4 is 9.47 Å². The zero-order valence-corrected chi connectivity index (χ0v) is 33.2. The minimum Gasteiger partial charge on any atom is -0.459 e. The number of ether oxygens (including phenoxy) is 4. The highest BCUT2D eigenvalue weighted by molar-refractivity contribution is 6.03. The lowest BCUT2D eigenvalue weighted by Crippen LogP contribution is -2.69. The van der Waals surface area contributed by atoms with Crippen molar-refractivity contribution in [3.8, 4) is 17.2 Å². The third-order valence-electron chi connectivity index (χ3n) is 12.8. The molecule has 10 heteroatoms. The summed E-state index contributed by atoms with van der Waals surface area (Å²) in [6.45, 7) is 5.16. The first-order chi connectivity index (χ1) is 27.9. The maximum absolute atomic E-state index is 14.1. The van der Waals surface area contributed by atoms with E-state index in [4.69, 9.17) is 28.9 Å². The number of aliphatic hydroxyl groups excluding tert-OH is 2. The Morgan fingerprint density at radius 3 is 2.49 bits per heavy atom. The van der Waals surface area contributed by atoms with Gasteiger partial charge in [0.15, 0.2) is 0 Å². The molecule has 2 heterocycles. The van der Waals surface area contributed by atoms with Gasteiger partial charge in [-0.2, -0.15) is 0 Å². The summed E-state index contributed by atoms with van der Waals surface area (Å²) in [6.07, 6.45) is 13.5. The van der Waals surface area contributed by atoms with E-state index in [9.17, 15) is 15.0 Å². The van der Waals surface area contributed by atoms with Crippen molar-refractivity contribution >= 4 is 22.4 Å². The van der Waals surface area contributed by atoms with Gasteiger partial charge in [0.2, 0.25) is 18.0 Å². The number of fused-ring (bicyclic) bond motifs is 3. The number of amides is 1. The van der Waals surface area contributed by atoms with E-state index in [-0.39, 0.29) is 55.3 Å². The Bertz CT molecular complexity index is 1950. The second-order valence-electron chi connectivity index (χ2n) is 16.5. The van der Waals surface area contributed by atoms with E-state index in [2.05, 4.69) is 43.0 Å². The molecule has 10 nitrogen and oxygen atoms in total. The Morgan fingerprint density at radius 2 is 1.74 bits per heavy atom. The Labute approximate surface area is 336 Å². The summed E-state index contributed by atoms with van der Waals surface area (Å²) in [5, 5.41) is 27.0. The first kappa shape index (κ1) is 39.6. The van der Waals surface area contributed by atoms with Crippen LogP contribution in [0.5, 0.6) is 17.2 Å². The summed E-state index contributed by atoms with van der Waals surface area (Å²) in [6, 6.07) is 19.9. The van der Waals surface area contributed by atoms with E-state index in [1.54, 1.807) is 6.08 Å². The topological polar surface area (TPSA) is 119 Å². The molecule has 7 atom stereocenters. The van der Waals surface area contributed by atoms with Crippen molar-refractivity contribution in [3.05, 3.63) is 90.5 Å². The van der Waals surface area contributed by atoms with Gasteiger partial charge in [0.05, 0.1) is 24.8 Å². The van der Waals surface area contributed by atoms with Crippen molar-refractivity contribution in [2.24, 2.45) is 28.8 Å². The predicted molar refractivity (Wildman–Crippen MR) is 219 cm³/mol. The Morgan fingerprint density at radius 1 is 0.965 bits per heavy atom. The molecule has 0 radical (unpaired) electrons. The van der Waals surface area contributed by atoms with Crippen molar-refractivity contribution in [3.63, 3.8) is 0 Å². The predicted octanol–water partition coefficient (Wildman–Crippen LogP) is 8.66.